The van der Waals surface area contributed by atoms with E-state index in [0.29, 0.717) is 29.6 Å². The van der Waals surface area contributed by atoms with Gasteiger partial charge in [-0.1, -0.05) is 42.4 Å². The molecule has 4 nitrogen and oxygen atoms in total. The highest BCUT2D eigenvalue weighted by molar-refractivity contribution is 6.31. The standard InChI is InChI=1S/C18H19ClN2O2/c1-13(2)12-23-16-8-5-7-15(10-16)21-18(22)20-11-14-6-3-4-9-17(14)19/h3-10H,1,11-12H2,2H3,(H2,20,21,22). The molecule has 120 valence electrons. The molecular weight excluding hydrogens is 312 g/mol. The van der Waals surface area contributed by atoms with E-state index < -0.39 is 0 Å². The molecule has 2 aromatic rings. The van der Waals surface area contributed by atoms with Gasteiger partial charge in [-0.15, -0.1) is 0 Å². The summed E-state index contributed by atoms with van der Waals surface area (Å²) < 4.78 is 5.55. The van der Waals surface area contributed by atoms with Crippen LogP contribution in [0.4, 0.5) is 10.5 Å². The van der Waals surface area contributed by atoms with Gasteiger partial charge in [-0.2, -0.15) is 0 Å². The van der Waals surface area contributed by atoms with Crippen LogP contribution < -0.4 is 15.4 Å². The van der Waals surface area contributed by atoms with Gasteiger partial charge in [-0.3, -0.25) is 0 Å². The Labute approximate surface area is 141 Å². The highest BCUT2D eigenvalue weighted by atomic mass is 35.5. The van der Waals surface area contributed by atoms with Gasteiger partial charge in [0.2, 0.25) is 0 Å². The number of ether oxygens (including phenoxy) is 1. The highest BCUT2D eigenvalue weighted by Gasteiger charge is 2.05. The molecular formula is C18H19ClN2O2. The van der Waals surface area contributed by atoms with Crippen LogP contribution in [0.25, 0.3) is 0 Å². The first-order chi connectivity index (χ1) is 11.0. The van der Waals surface area contributed by atoms with Crippen LogP contribution >= 0.6 is 11.6 Å². The first-order valence-electron chi connectivity index (χ1n) is 7.20. The summed E-state index contributed by atoms with van der Waals surface area (Å²) >= 11 is 6.05. The van der Waals surface area contributed by atoms with Crippen molar-refractivity contribution in [1.82, 2.24) is 5.32 Å². The third-order valence-corrected chi connectivity index (χ3v) is 3.34. The molecule has 5 heteroatoms. The van der Waals surface area contributed by atoms with Crippen LogP contribution in [0, 0.1) is 0 Å². The normalized spacial score (nSPS) is 10.0. The molecule has 0 aromatic heterocycles. The first-order valence-corrected chi connectivity index (χ1v) is 7.58. The zero-order chi connectivity index (χ0) is 16.7. The summed E-state index contributed by atoms with van der Waals surface area (Å²) in [4.78, 5) is 12.0. The molecule has 0 bridgehead atoms. The molecule has 0 unspecified atom stereocenters. The van der Waals surface area contributed by atoms with Crippen LogP contribution in [0.5, 0.6) is 5.75 Å². The number of carbonyl (C=O) groups excluding carboxylic acids is 1. The van der Waals surface area contributed by atoms with Crippen molar-refractivity contribution in [1.29, 1.82) is 0 Å². The smallest absolute Gasteiger partial charge is 0.319 e. The molecule has 2 aromatic carbocycles. The monoisotopic (exact) mass is 330 g/mol. The molecule has 0 aliphatic heterocycles. The SMILES string of the molecule is C=C(C)COc1cccc(NC(=O)NCc2ccccc2Cl)c1. The zero-order valence-corrected chi connectivity index (χ0v) is 13.7. The zero-order valence-electron chi connectivity index (χ0n) is 12.9. The lowest BCUT2D eigenvalue weighted by Gasteiger charge is -2.10. The number of rotatable bonds is 6. The molecule has 0 aliphatic carbocycles. The van der Waals surface area contributed by atoms with Crippen LogP contribution in [0.1, 0.15) is 12.5 Å². The fourth-order valence-electron chi connectivity index (χ4n) is 1.86. The molecule has 0 heterocycles. The number of carbonyl (C=O) groups is 1. The van der Waals surface area contributed by atoms with Crippen LogP contribution in [-0.2, 0) is 6.54 Å². The number of nitrogens with one attached hydrogen (secondary N) is 2. The van der Waals surface area contributed by atoms with E-state index in [4.69, 9.17) is 16.3 Å². The van der Waals surface area contributed by atoms with E-state index in [1.807, 2.05) is 37.3 Å². The van der Waals surface area contributed by atoms with Crippen molar-refractivity contribution in [2.45, 2.75) is 13.5 Å². The topological polar surface area (TPSA) is 50.4 Å². The lowest BCUT2D eigenvalue weighted by molar-refractivity contribution is 0.251. The van der Waals surface area contributed by atoms with Crippen molar-refractivity contribution < 1.29 is 9.53 Å². The predicted octanol–water partition coefficient (Wildman–Crippen LogP) is 4.62. The Morgan fingerprint density at radius 3 is 2.74 bits per heavy atom. The van der Waals surface area contributed by atoms with Crippen molar-refractivity contribution in [3.63, 3.8) is 0 Å². The van der Waals surface area contributed by atoms with Gasteiger partial charge in [0.15, 0.2) is 0 Å². The second-order valence-electron chi connectivity index (χ2n) is 5.17. The van der Waals surface area contributed by atoms with E-state index >= 15 is 0 Å². The lowest BCUT2D eigenvalue weighted by atomic mass is 10.2. The third kappa shape index (κ3) is 5.68. The van der Waals surface area contributed by atoms with Gasteiger partial charge in [-0.25, -0.2) is 4.79 Å². The van der Waals surface area contributed by atoms with E-state index in [0.717, 1.165) is 11.1 Å². The van der Waals surface area contributed by atoms with Crippen LogP contribution in [-0.4, -0.2) is 12.6 Å². The van der Waals surface area contributed by atoms with Gasteiger partial charge >= 0.3 is 6.03 Å². The summed E-state index contributed by atoms with van der Waals surface area (Å²) in [5.41, 5.74) is 2.45. The van der Waals surface area contributed by atoms with Gasteiger partial charge in [0.05, 0.1) is 0 Å². The van der Waals surface area contributed by atoms with E-state index in [9.17, 15) is 4.79 Å². The van der Waals surface area contributed by atoms with Crippen molar-refractivity contribution >= 4 is 23.3 Å². The Bertz CT molecular complexity index is 701. The maximum Gasteiger partial charge on any atom is 0.319 e. The minimum absolute atomic E-state index is 0.304. The summed E-state index contributed by atoms with van der Waals surface area (Å²) in [5, 5.41) is 6.16. The fraction of sp³-hybridized carbons (Fsp3) is 0.167. The minimum atomic E-state index is -0.304. The number of amides is 2. The Balaban J connectivity index is 1.89. The van der Waals surface area contributed by atoms with Crippen molar-refractivity contribution in [3.05, 3.63) is 71.3 Å². The van der Waals surface area contributed by atoms with Gasteiger partial charge in [0.1, 0.15) is 12.4 Å². The van der Waals surface area contributed by atoms with Crippen molar-refractivity contribution in [3.8, 4) is 5.75 Å². The first kappa shape index (κ1) is 16.9. The average Bonchev–Trinajstić information content (AvgIpc) is 2.52. The molecule has 2 N–H and O–H groups in total. The molecule has 23 heavy (non-hydrogen) atoms. The molecule has 0 spiro atoms. The maximum absolute atomic E-state index is 12.0. The van der Waals surface area contributed by atoms with Gasteiger partial charge < -0.3 is 15.4 Å². The minimum Gasteiger partial charge on any atom is -0.489 e. The molecule has 2 rings (SSSR count). The number of benzene rings is 2. The number of hydrogen-bond donors (Lipinski definition) is 2. The predicted molar refractivity (Wildman–Crippen MR) is 94.1 cm³/mol. The summed E-state index contributed by atoms with van der Waals surface area (Å²) in [7, 11) is 0. The Kier molecular flexibility index (Phi) is 6.06. The largest absolute Gasteiger partial charge is 0.489 e. The second-order valence-corrected chi connectivity index (χ2v) is 5.58. The highest BCUT2D eigenvalue weighted by Crippen LogP contribution is 2.18. The number of halogens is 1. The molecule has 0 saturated carbocycles. The molecule has 0 fully saturated rings. The van der Waals surface area contributed by atoms with Gasteiger partial charge in [-0.05, 0) is 36.3 Å². The lowest BCUT2D eigenvalue weighted by Crippen LogP contribution is -2.28. The molecule has 2 amide bonds. The Hall–Kier alpha value is -2.46. The summed E-state index contributed by atoms with van der Waals surface area (Å²) in [6, 6.07) is 14.3. The Morgan fingerprint density at radius 1 is 1.22 bits per heavy atom. The Morgan fingerprint density at radius 2 is 2.00 bits per heavy atom. The summed E-state index contributed by atoms with van der Waals surface area (Å²) in [6.45, 7) is 6.48. The van der Waals surface area contributed by atoms with E-state index in [1.165, 1.54) is 0 Å². The van der Waals surface area contributed by atoms with Crippen molar-refractivity contribution in [2.24, 2.45) is 0 Å². The number of anilines is 1. The average molecular weight is 331 g/mol. The maximum atomic E-state index is 12.0. The van der Waals surface area contributed by atoms with Gasteiger partial charge in [0.25, 0.3) is 0 Å². The fourth-order valence-corrected chi connectivity index (χ4v) is 2.07. The molecule has 0 aliphatic rings. The van der Waals surface area contributed by atoms with Crippen LogP contribution in [0.15, 0.2) is 60.7 Å². The summed E-state index contributed by atoms with van der Waals surface area (Å²) in [5.74, 6) is 0.678. The summed E-state index contributed by atoms with van der Waals surface area (Å²) in [6.07, 6.45) is 0. The third-order valence-electron chi connectivity index (χ3n) is 2.97. The molecule has 0 atom stereocenters. The van der Waals surface area contributed by atoms with E-state index in [-0.39, 0.29) is 6.03 Å². The quantitative estimate of drug-likeness (QED) is 0.759. The van der Waals surface area contributed by atoms with E-state index in [1.54, 1.807) is 18.2 Å². The number of hydrogen-bond acceptors (Lipinski definition) is 2. The molecule has 0 radical (unpaired) electrons. The molecule has 0 saturated heterocycles. The van der Waals surface area contributed by atoms with E-state index in [2.05, 4.69) is 17.2 Å². The van der Waals surface area contributed by atoms with Crippen molar-refractivity contribution in [2.75, 3.05) is 11.9 Å². The second kappa shape index (κ2) is 8.25. The van der Waals surface area contributed by atoms with Crippen LogP contribution in [0.3, 0.4) is 0 Å². The van der Waals surface area contributed by atoms with Crippen LogP contribution in [0.2, 0.25) is 5.02 Å². The number of urea groups is 1. The van der Waals surface area contributed by atoms with Gasteiger partial charge in [0, 0.05) is 23.3 Å².